The van der Waals surface area contributed by atoms with Gasteiger partial charge in [0.15, 0.2) is 6.10 Å². The lowest BCUT2D eigenvalue weighted by molar-refractivity contribution is -0.167. The normalized spacial score (nSPS) is 13.0. The molecule has 0 aromatic rings. The molecule has 0 amide bonds. The Labute approximate surface area is 494 Å². The zero-order valence-corrected chi connectivity index (χ0v) is 52.0. The van der Waals surface area contributed by atoms with Gasteiger partial charge in [-0.15, -0.1) is 0 Å². The molecule has 0 spiro atoms. The molecule has 6 heteroatoms. The summed E-state index contributed by atoms with van der Waals surface area (Å²) in [6.07, 6.45) is 94.5. The largest absolute Gasteiger partial charge is 0.462 e. The first-order valence-corrected chi connectivity index (χ1v) is 33.2. The lowest BCUT2D eigenvalue weighted by Crippen LogP contribution is -2.30. The number of carbonyl (C=O) groups is 3. The molecule has 80 heavy (non-hydrogen) atoms. The van der Waals surface area contributed by atoms with Crippen molar-refractivity contribution in [1.29, 1.82) is 0 Å². The van der Waals surface area contributed by atoms with E-state index in [1.165, 1.54) is 103 Å². The predicted molar refractivity (Wildman–Crippen MR) is 348 cm³/mol. The molecule has 1 atom stereocenters. The van der Waals surface area contributed by atoms with Crippen LogP contribution in [0.3, 0.4) is 0 Å². The Balaban J connectivity index is 4.42. The Morgan fingerprint density at radius 2 is 0.487 bits per heavy atom. The Hall–Kier alpha value is -4.45. The summed E-state index contributed by atoms with van der Waals surface area (Å²) < 4.78 is 16.9. The van der Waals surface area contributed by atoms with Crippen LogP contribution < -0.4 is 0 Å². The lowest BCUT2D eigenvalue weighted by atomic mass is 10.1. The molecule has 0 bridgehead atoms. The molecule has 0 aliphatic heterocycles. The Kier molecular flexibility index (Phi) is 63.3. The fourth-order valence-electron chi connectivity index (χ4n) is 8.89. The van der Waals surface area contributed by atoms with Crippen LogP contribution in [0.25, 0.3) is 0 Å². The van der Waals surface area contributed by atoms with Gasteiger partial charge >= 0.3 is 17.9 Å². The zero-order chi connectivity index (χ0) is 57.8. The van der Waals surface area contributed by atoms with E-state index in [2.05, 4.69) is 154 Å². The van der Waals surface area contributed by atoms with Crippen molar-refractivity contribution in [3.05, 3.63) is 134 Å². The molecule has 454 valence electrons. The van der Waals surface area contributed by atoms with Gasteiger partial charge in [-0.2, -0.15) is 0 Å². The highest BCUT2D eigenvalue weighted by molar-refractivity contribution is 5.71. The first-order chi connectivity index (χ1) is 39.5. The van der Waals surface area contributed by atoms with Gasteiger partial charge in [0, 0.05) is 19.3 Å². The summed E-state index contributed by atoms with van der Waals surface area (Å²) in [5.74, 6) is -0.925. The minimum absolute atomic E-state index is 0.0958. The van der Waals surface area contributed by atoms with Gasteiger partial charge in [0.2, 0.25) is 0 Å². The fraction of sp³-hybridized carbons (Fsp3) is 0.662. The minimum atomic E-state index is -0.801. The van der Waals surface area contributed by atoms with Crippen LogP contribution >= 0.6 is 0 Å². The van der Waals surface area contributed by atoms with Crippen molar-refractivity contribution in [3.63, 3.8) is 0 Å². The van der Waals surface area contributed by atoms with Crippen molar-refractivity contribution < 1.29 is 28.6 Å². The Morgan fingerprint density at radius 1 is 0.263 bits per heavy atom. The summed E-state index contributed by atoms with van der Waals surface area (Å²) in [7, 11) is 0. The molecule has 0 N–H and O–H groups in total. The van der Waals surface area contributed by atoms with Gasteiger partial charge in [0.1, 0.15) is 13.2 Å². The highest BCUT2D eigenvalue weighted by atomic mass is 16.6. The molecule has 0 saturated carbocycles. The SMILES string of the molecule is CC/C=C\C/C=C\C/C=C\C/C=C\C/C=C\C/C=C\CCCCCCCCCCC(=O)OCC(COC(=O)CCCCCCC/C=C\C/C=C\CCCCCC)OC(=O)CCCCCCCC/C=C\C/C=C\C/C=C\CCCCC. The number of carbonyl (C=O) groups excluding carboxylic acids is 3. The molecule has 0 saturated heterocycles. The molecule has 0 aromatic carbocycles. The highest BCUT2D eigenvalue weighted by Gasteiger charge is 2.19. The van der Waals surface area contributed by atoms with Crippen molar-refractivity contribution in [3.8, 4) is 0 Å². The summed E-state index contributed by atoms with van der Waals surface area (Å²) >= 11 is 0. The van der Waals surface area contributed by atoms with Crippen LogP contribution in [-0.4, -0.2) is 37.2 Å². The van der Waals surface area contributed by atoms with Crippen LogP contribution in [0.15, 0.2) is 134 Å². The predicted octanol–water partition coefficient (Wildman–Crippen LogP) is 22.9. The first-order valence-electron chi connectivity index (χ1n) is 33.2. The number of hydrogen-bond acceptors (Lipinski definition) is 6. The van der Waals surface area contributed by atoms with Crippen molar-refractivity contribution in [2.45, 2.75) is 303 Å². The standard InChI is InChI=1S/C74H122O6/c1-4-7-10-13-16-19-22-25-28-31-33-34-35-36-37-38-39-40-42-43-46-49-52-55-58-61-64-67-73(76)79-70-71(69-78-72(75)66-63-60-57-54-51-48-45-30-27-24-21-18-15-12-9-6-3)80-74(77)68-65-62-59-56-53-50-47-44-41-32-29-26-23-20-17-14-11-8-5-2/h7,10,16-17,19-21,24-26,28-30,33-34,36-37,39-41,44-45,71H,4-6,8-9,11-15,18,22-23,27,31-32,35,38,42-43,46-70H2,1-3H3/b10-7-,19-16-,20-17-,24-21-,28-25-,29-26-,34-33-,37-36-,40-39-,44-41-,45-30-. The molecular formula is C74H122O6. The number of rotatable bonds is 59. The second-order valence-corrected chi connectivity index (χ2v) is 21.6. The van der Waals surface area contributed by atoms with E-state index < -0.39 is 6.10 Å². The van der Waals surface area contributed by atoms with E-state index in [4.69, 9.17) is 14.2 Å². The maximum absolute atomic E-state index is 12.9. The third-order valence-corrected chi connectivity index (χ3v) is 13.9. The molecule has 0 aliphatic carbocycles. The van der Waals surface area contributed by atoms with Gasteiger partial charge in [-0.25, -0.2) is 0 Å². The van der Waals surface area contributed by atoms with Gasteiger partial charge in [-0.1, -0.05) is 270 Å². The zero-order valence-electron chi connectivity index (χ0n) is 52.0. The van der Waals surface area contributed by atoms with Crippen LogP contribution in [0, 0.1) is 0 Å². The number of unbranched alkanes of at least 4 members (excludes halogenated alkanes) is 26. The maximum Gasteiger partial charge on any atom is 0.306 e. The van der Waals surface area contributed by atoms with Crippen LogP contribution in [0.5, 0.6) is 0 Å². The summed E-state index contributed by atoms with van der Waals surface area (Å²) in [6.45, 7) is 6.47. The van der Waals surface area contributed by atoms with E-state index in [1.54, 1.807) is 0 Å². The van der Waals surface area contributed by atoms with Gasteiger partial charge < -0.3 is 14.2 Å². The highest BCUT2D eigenvalue weighted by Crippen LogP contribution is 2.15. The fourth-order valence-corrected chi connectivity index (χ4v) is 8.89. The molecular weight excluding hydrogens is 985 g/mol. The molecule has 0 aromatic heterocycles. The van der Waals surface area contributed by atoms with Gasteiger partial charge in [-0.3, -0.25) is 14.4 Å². The minimum Gasteiger partial charge on any atom is -0.462 e. The second-order valence-electron chi connectivity index (χ2n) is 21.6. The van der Waals surface area contributed by atoms with Crippen molar-refractivity contribution >= 4 is 17.9 Å². The van der Waals surface area contributed by atoms with Crippen LogP contribution in [0.4, 0.5) is 0 Å². The maximum atomic E-state index is 12.9. The summed E-state index contributed by atoms with van der Waals surface area (Å²) in [5.41, 5.74) is 0. The topological polar surface area (TPSA) is 78.9 Å². The van der Waals surface area contributed by atoms with Crippen LogP contribution in [-0.2, 0) is 28.6 Å². The molecule has 6 nitrogen and oxygen atoms in total. The molecule has 0 rings (SSSR count). The van der Waals surface area contributed by atoms with E-state index in [9.17, 15) is 14.4 Å². The molecule has 0 heterocycles. The van der Waals surface area contributed by atoms with E-state index in [-0.39, 0.29) is 31.1 Å². The lowest BCUT2D eigenvalue weighted by Gasteiger charge is -2.18. The van der Waals surface area contributed by atoms with E-state index >= 15 is 0 Å². The van der Waals surface area contributed by atoms with Gasteiger partial charge in [-0.05, 0) is 141 Å². The van der Waals surface area contributed by atoms with Crippen LogP contribution in [0.2, 0.25) is 0 Å². The summed E-state index contributed by atoms with van der Waals surface area (Å²) in [6, 6.07) is 0. The van der Waals surface area contributed by atoms with Gasteiger partial charge in [0.25, 0.3) is 0 Å². The molecule has 0 fully saturated rings. The van der Waals surface area contributed by atoms with Gasteiger partial charge in [0.05, 0.1) is 0 Å². The van der Waals surface area contributed by atoms with Crippen molar-refractivity contribution in [1.82, 2.24) is 0 Å². The third-order valence-electron chi connectivity index (χ3n) is 13.9. The van der Waals surface area contributed by atoms with Crippen molar-refractivity contribution in [2.75, 3.05) is 13.2 Å². The van der Waals surface area contributed by atoms with E-state index in [0.29, 0.717) is 19.3 Å². The first kappa shape index (κ1) is 75.5. The number of hydrogen-bond donors (Lipinski definition) is 0. The summed E-state index contributed by atoms with van der Waals surface area (Å²) in [4.78, 5) is 38.4. The quantitative estimate of drug-likeness (QED) is 0.0261. The van der Waals surface area contributed by atoms with Crippen LogP contribution in [0.1, 0.15) is 297 Å². The molecule has 0 aliphatic rings. The molecule has 1 unspecified atom stereocenters. The average Bonchev–Trinajstić information content (AvgIpc) is 3.46. The monoisotopic (exact) mass is 1110 g/mol. The number of allylic oxidation sites excluding steroid dienone is 22. The molecule has 0 radical (unpaired) electrons. The average molecular weight is 1110 g/mol. The van der Waals surface area contributed by atoms with Crippen molar-refractivity contribution in [2.24, 2.45) is 0 Å². The Bertz CT molecular complexity index is 1700. The van der Waals surface area contributed by atoms with E-state index in [0.717, 1.165) is 154 Å². The number of ether oxygens (including phenoxy) is 3. The third kappa shape index (κ3) is 64.4. The number of esters is 3. The second kappa shape index (κ2) is 67.1. The smallest absolute Gasteiger partial charge is 0.306 e. The van der Waals surface area contributed by atoms with E-state index in [1.807, 2.05) is 0 Å². The summed E-state index contributed by atoms with van der Waals surface area (Å²) in [5, 5.41) is 0. The Morgan fingerprint density at radius 3 is 0.787 bits per heavy atom.